The lowest BCUT2D eigenvalue weighted by Gasteiger charge is -2.28. The Balaban J connectivity index is 1.81. The van der Waals surface area contributed by atoms with E-state index in [9.17, 15) is 14.7 Å². The molecule has 1 fully saturated rings. The molecule has 116 valence electrons. The molecule has 1 aliphatic rings. The highest BCUT2D eigenvalue weighted by Gasteiger charge is 2.32. The second kappa shape index (κ2) is 6.41. The highest BCUT2D eigenvalue weighted by molar-refractivity contribution is 6.04. The Morgan fingerprint density at radius 1 is 1.43 bits per heavy atom. The van der Waals surface area contributed by atoms with Gasteiger partial charge in [-0.25, -0.2) is 0 Å². The van der Waals surface area contributed by atoms with E-state index in [4.69, 9.17) is 0 Å². The summed E-state index contributed by atoms with van der Waals surface area (Å²) in [6, 6.07) is 3.41. The van der Waals surface area contributed by atoms with Crippen LogP contribution in [0, 0.1) is 0 Å². The van der Waals surface area contributed by atoms with Crippen molar-refractivity contribution >= 4 is 11.8 Å². The van der Waals surface area contributed by atoms with Crippen LogP contribution in [0.15, 0.2) is 18.3 Å². The minimum atomic E-state index is -0.683. The molecule has 6 nitrogen and oxygen atoms in total. The fraction of sp³-hybridized carbons (Fsp3) is 0.600. The first-order chi connectivity index (χ1) is 9.89. The largest absolute Gasteiger partial charge is 0.389 e. The van der Waals surface area contributed by atoms with E-state index in [1.807, 2.05) is 0 Å². The van der Waals surface area contributed by atoms with Gasteiger partial charge in [-0.15, -0.1) is 0 Å². The lowest BCUT2D eigenvalue weighted by atomic mass is 10.0. The Labute approximate surface area is 124 Å². The number of aromatic nitrogens is 1. The number of rotatable bonds is 5. The van der Waals surface area contributed by atoms with E-state index in [0.717, 1.165) is 25.7 Å². The Morgan fingerprint density at radius 2 is 2.10 bits per heavy atom. The summed E-state index contributed by atoms with van der Waals surface area (Å²) < 4.78 is 1.66. The first-order valence-electron chi connectivity index (χ1n) is 7.26. The van der Waals surface area contributed by atoms with Gasteiger partial charge in [0.2, 0.25) is 5.91 Å². The molecule has 2 amide bonds. The third-order valence-electron chi connectivity index (χ3n) is 3.94. The van der Waals surface area contributed by atoms with Gasteiger partial charge in [0.15, 0.2) is 0 Å². The van der Waals surface area contributed by atoms with Crippen molar-refractivity contribution in [3.05, 3.63) is 24.0 Å². The van der Waals surface area contributed by atoms with Crippen molar-refractivity contribution in [3.63, 3.8) is 0 Å². The summed E-state index contributed by atoms with van der Waals surface area (Å²) in [6.45, 7) is 0.553. The number of nitrogens with one attached hydrogen (secondary N) is 1. The zero-order valence-electron chi connectivity index (χ0n) is 12.6. The molecule has 0 aromatic carbocycles. The van der Waals surface area contributed by atoms with Crippen LogP contribution < -0.4 is 5.32 Å². The number of carbonyl (C=O) groups is 2. The third-order valence-corrected chi connectivity index (χ3v) is 3.94. The molecule has 0 saturated heterocycles. The van der Waals surface area contributed by atoms with Crippen LogP contribution in [0.4, 0.5) is 0 Å². The van der Waals surface area contributed by atoms with Gasteiger partial charge in [0.05, 0.1) is 12.1 Å². The van der Waals surface area contributed by atoms with Crippen LogP contribution in [0.2, 0.25) is 0 Å². The van der Waals surface area contributed by atoms with Gasteiger partial charge in [0, 0.05) is 19.8 Å². The van der Waals surface area contributed by atoms with Crippen LogP contribution in [0.25, 0.3) is 0 Å². The molecule has 0 radical (unpaired) electrons. The van der Waals surface area contributed by atoms with Gasteiger partial charge in [0.25, 0.3) is 5.91 Å². The maximum atomic E-state index is 11.9. The number of imide groups is 1. The van der Waals surface area contributed by atoms with E-state index in [1.165, 1.54) is 0 Å². The molecule has 0 spiro atoms. The number of aryl methyl sites for hydroxylation is 1. The van der Waals surface area contributed by atoms with Gasteiger partial charge in [0.1, 0.15) is 5.69 Å². The first-order valence-corrected chi connectivity index (χ1v) is 7.26. The average molecular weight is 293 g/mol. The number of hydrogen-bond acceptors (Lipinski definition) is 4. The fourth-order valence-corrected chi connectivity index (χ4v) is 2.92. The van der Waals surface area contributed by atoms with Crippen molar-refractivity contribution < 1.29 is 14.7 Å². The predicted molar refractivity (Wildman–Crippen MR) is 78.8 cm³/mol. The highest BCUT2D eigenvalue weighted by Crippen LogP contribution is 2.29. The van der Waals surface area contributed by atoms with Crippen LogP contribution >= 0.6 is 0 Å². The van der Waals surface area contributed by atoms with Gasteiger partial charge >= 0.3 is 0 Å². The number of amides is 2. The quantitative estimate of drug-likeness (QED) is 0.830. The van der Waals surface area contributed by atoms with Crippen LogP contribution in [0.5, 0.6) is 0 Å². The summed E-state index contributed by atoms with van der Waals surface area (Å²) in [5, 5.41) is 12.7. The Kier molecular flexibility index (Phi) is 4.80. The molecular weight excluding hydrogens is 270 g/mol. The van der Waals surface area contributed by atoms with Crippen LogP contribution in [0.3, 0.4) is 0 Å². The molecule has 0 unspecified atom stereocenters. The molecule has 1 heterocycles. The van der Waals surface area contributed by atoms with Crippen molar-refractivity contribution in [1.82, 2.24) is 14.8 Å². The summed E-state index contributed by atoms with van der Waals surface area (Å²) in [6.07, 6.45) is 5.37. The summed E-state index contributed by atoms with van der Waals surface area (Å²) in [5.74, 6) is -0.759. The average Bonchev–Trinajstić information content (AvgIpc) is 2.97. The highest BCUT2D eigenvalue weighted by atomic mass is 16.3. The summed E-state index contributed by atoms with van der Waals surface area (Å²) in [5.41, 5.74) is -0.239. The molecule has 1 saturated carbocycles. The van der Waals surface area contributed by atoms with E-state index < -0.39 is 11.5 Å². The zero-order valence-corrected chi connectivity index (χ0v) is 12.6. The second-order valence-electron chi connectivity index (χ2n) is 5.99. The van der Waals surface area contributed by atoms with Gasteiger partial charge < -0.3 is 9.67 Å². The van der Waals surface area contributed by atoms with E-state index in [-0.39, 0.29) is 12.5 Å². The minimum Gasteiger partial charge on any atom is -0.389 e. The van der Waals surface area contributed by atoms with Crippen molar-refractivity contribution in [2.75, 3.05) is 20.1 Å². The molecule has 1 aromatic rings. The Bertz CT molecular complexity index is 518. The zero-order chi connectivity index (χ0) is 15.5. The molecule has 0 aliphatic heterocycles. The van der Waals surface area contributed by atoms with E-state index in [2.05, 4.69) is 5.32 Å². The summed E-state index contributed by atoms with van der Waals surface area (Å²) in [7, 11) is 3.53. The summed E-state index contributed by atoms with van der Waals surface area (Å²) >= 11 is 0. The standard InChI is InChI=1S/C15H23N3O3/c1-17(11-15(21)7-3-4-8-15)10-13(19)16-14(20)12-6-5-9-18(12)2/h5-6,9,21H,3-4,7-8,10-11H2,1-2H3,(H,16,19,20). The topological polar surface area (TPSA) is 74.6 Å². The first kappa shape index (κ1) is 15.7. The molecule has 2 N–H and O–H groups in total. The van der Waals surface area contributed by atoms with Gasteiger partial charge in [-0.2, -0.15) is 0 Å². The van der Waals surface area contributed by atoms with Gasteiger partial charge in [-0.3, -0.25) is 19.8 Å². The third kappa shape index (κ3) is 4.15. The minimum absolute atomic E-state index is 0.0957. The number of aliphatic hydroxyl groups is 1. The SMILES string of the molecule is CN(CC(=O)NC(=O)c1cccn1C)CC1(O)CCCC1. The number of hydrogen-bond donors (Lipinski definition) is 2. The van der Waals surface area contributed by atoms with Crippen molar-refractivity contribution in [3.8, 4) is 0 Å². The van der Waals surface area contributed by atoms with Gasteiger partial charge in [-0.05, 0) is 32.0 Å². The van der Waals surface area contributed by atoms with Crippen molar-refractivity contribution in [2.45, 2.75) is 31.3 Å². The van der Waals surface area contributed by atoms with Crippen LogP contribution in [-0.2, 0) is 11.8 Å². The fourth-order valence-electron chi connectivity index (χ4n) is 2.92. The van der Waals surface area contributed by atoms with E-state index >= 15 is 0 Å². The molecule has 2 rings (SSSR count). The molecule has 1 aromatic heterocycles. The number of carbonyl (C=O) groups excluding carboxylic acids is 2. The molecule has 21 heavy (non-hydrogen) atoms. The Hall–Kier alpha value is -1.66. The smallest absolute Gasteiger partial charge is 0.274 e. The van der Waals surface area contributed by atoms with Crippen LogP contribution in [0.1, 0.15) is 36.2 Å². The number of likely N-dealkylation sites (N-methyl/N-ethyl adjacent to an activating group) is 1. The molecule has 1 aliphatic carbocycles. The maximum Gasteiger partial charge on any atom is 0.274 e. The van der Waals surface area contributed by atoms with Crippen molar-refractivity contribution in [1.29, 1.82) is 0 Å². The molecule has 0 bridgehead atoms. The molecule has 0 atom stereocenters. The Morgan fingerprint density at radius 3 is 2.67 bits per heavy atom. The predicted octanol–water partition coefficient (Wildman–Crippen LogP) is 0.518. The molecular formula is C15H23N3O3. The number of nitrogens with zero attached hydrogens (tertiary/aromatic N) is 2. The van der Waals surface area contributed by atoms with Crippen LogP contribution in [-0.4, -0.2) is 52.1 Å². The lowest BCUT2D eigenvalue weighted by Crippen LogP contribution is -2.45. The normalized spacial score (nSPS) is 17.1. The van der Waals surface area contributed by atoms with E-state index in [1.54, 1.807) is 41.9 Å². The van der Waals surface area contributed by atoms with E-state index in [0.29, 0.717) is 12.2 Å². The summed E-state index contributed by atoms with van der Waals surface area (Å²) in [4.78, 5) is 25.6. The molecule has 6 heteroatoms. The maximum absolute atomic E-state index is 11.9. The lowest BCUT2D eigenvalue weighted by molar-refractivity contribution is -0.121. The van der Waals surface area contributed by atoms with Gasteiger partial charge in [-0.1, -0.05) is 12.8 Å². The monoisotopic (exact) mass is 293 g/mol. The van der Waals surface area contributed by atoms with Crippen molar-refractivity contribution in [2.24, 2.45) is 7.05 Å². The second-order valence-corrected chi connectivity index (χ2v) is 5.99.